The Bertz CT molecular complexity index is 542. The third-order valence-electron chi connectivity index (χ3n) is 4.25. The minimum absolute atomic E-state index is 0.0403. The number of sulfonamides is 1. The van der Waals surface area contributed by atoms with Gasteiger partial charge in [-0.1, -0.05) is 13.8 Å². The van der Waals surface area contributed by atoms with Crippen LogP contribution in [0.1, 0.15) is 33.1 Å². The summed E-state index contributed by atoms with van der Waals surface area (Å²) in [6.07, 6.45) is 2.89. The quantitative estimate of drug-likeness (QED) is 0.587. The highest BCUT2D eigenvalue weighted by Gasteiger charge is 2.28. The van der Waals surface area contributed by atoms with Crippen LogP contribution in [0.3, 0.4) is 0 Å². The Labute approximate surface area is 121 Å². The van der Waals surface area contributed by atoms with Crippen molar-refractivity contribution in [3.8, 4) is 0 Å². The fourth-order valence-corrected chi connectivity index (χ4v) is 3.96. The molecule has 1 aliphatic carbocycles. The van der Waals surface area contributed by atoms with Crippen LogP contribution in [-0.4, -0.2) is 14.5 Å². The zero-order valence-corrected chi connectivity index (χ0v) is 12.8. The lowest BCUT2D eigenvalue weighted by Gasteiger charge is -2.32. The number of anilines is 1. The standard InChI is InChI=1S/C14H23N3O2S/c1-10-3-4-13(9-11(10)2)17-20(18,19)14-7-5-12(16-15)6-8-14/h5-8,10-11,13,16-17H,3-4,9,15H2,1-2H3. The molecule has 0 radical (unpaired) electrons. The molecule has 0 amide bonds. The molecule has 0 spiro atoms. The van der Waals surface area contributed by atoms with Gasteiger partial charge < -0.3 is 5.43 Å². The predicted molar refractivity (Wildman–Crippen MR) is 80.5 cm³/mol. The highest BCUT2D eigenvalue weighted by Crippen LogP contribution is 2.30. The maximum atomic E-state index is 12.3. The number of hydrogen-bond donors (Lipinski definition) is 3. The summed E-state index contributed by atoms with van der Waals surface area (Å²) in [6.45, 7) is 4.42. The Morgan fingerprint density at radius 1 is 1.10 bits per heavy atom. The first kappa shape index (κ1) is 15.3. The summed E-state index contributed by atoms with van der Waals surface area (Å²) in [7, 11) is -3.44. The average molecular weight is 297 g/mol. The summed E-state index contributed by atoms with van der Waals surface area (Å²) in [5.41, 5.74) is 3.17. The lowest BCUT2D eigenvalue weighted by Crippen LogP contribution is -2.39. The fraction of sp³-hybridized carbons (Fsp3) is 0.571. The molecule has 0 aromatic heterocycles. The van der Waals surface area contributed by atoms with E-state index >= 15 is 0 Å². The van der Waals surface area contributed by atoms with Crippen LogP contribution in [-0.2, 0) is 10.0 Å². The summed E-state index contributed by atoms with van der Waals surface area (Å²) in [6, 6.07) is 6.47. The third kappa shape index (κ3) is 3.50. The number of nitrogens with one attached hydrogen (secondary N) is 2. The van der Waals surface area contributed by atoms with Crippen molar-refractivity contribution >= 4 is 15.7 Å². The second-order valence-corrected chi connectivity index (χ2v) is 7.47. The minimum Gasteiger partial charge on any atom is -0.324 e. The van der Waals surface area contributed by atoms with Crippen LogP contribution in [0.2, 0.25) is 0 Å². The molecule has 1 aliphatic rings. The number of rotatable bonds is 4. The van der Waals surface area contributed by atoms with Gasteiger partial charge in [-0.3, -0.25) is 5.84 Å². The van der Waals surface area contributed by atoms with E-state index < -0.39 is 10.0 Å². The summed E-state index contributed by atoms with van der Waals surface area (Å²) >= 11 is 0. The summed E-state index contributed by atoms with van der Waals surface area (Å²) in [4.78, 5) is 0.280. The Balaban J connectivity index is 2.07. The summed E-state index contributed by atoms with van der Waals surface area (Å²) in [5, 5.41) is 0. The van der Waals surface area contributed by atoms with Crippen molar-refractivity contribution in [1.82, 2.24) is 4.72 Å². The maximum absolute atomic E-state index is 12.3. The van der Waals surface area contributed by atoms with Gasteiger partial charge in [0.05, 0.1) is 4.90 Å². The van der Waals surface area contributed by atoms with Crippen molar-refractivity contribution in [2.45, 2.75) is 44.0 Å². The predicted octanol–water partition coefficient (Wildman–Crippen LogP) is 2.08. The molecule has 1 aromatic carbocycles. The Kier molecular flexibility index (Phi) is 4.67. The van der Waals surface area contributed by atoms with E-state index in [1.807, 2.05) is 0 Å². The molecule has 0 saturated heterocycles. The molecule has 6 heteroatoms. The fourth-order valence-electron chi connectivity index (χ4n) is 2.67. The first-order chi connectivity index (χ1) is 9.42. The van der Waals surface area contributed by atoms with Crippen molar-refractivity contribution in [2.24, 2.45) is 17.7 Å². The molecule has 0 bridgehead atoms. The molecule has 3 unspecified atom stereocenters. The summed E-state index contributed by atoms with van der Waals surface area (Å²) < 4.78 is 27.5. The van der Waals surface area contributed by atoms with E-state index in [9.17, 15) is 8.42 Å². The number of nitrogens with two attached hydrogens (primary N) is 1. The van der Waals surface area contributed by atoms with Crippen LogP contribution < -0.4 is 16.0 Å². The van der Waals surface area contributed by atoms with E-state index in [0.29, 0.717) is 17.5 Å². The van der Waals surface area contributed by atoms with Gasteiger partial charge in [-0.2, -0.15) is 0 Å². The van der Waals surface area contributed by atoms with Gasteiger partial charge in [0.15, 0.2) is 0 Å². The van der Waals surface area contributed by atoms with Gasteiger partial charge in [0.25, 0.3) is 0 Å². The van der Waals surface area contributed by atoms with E-state index in [-0.39, 0.29) is 10.9 Å². The Morgan fingerprint density at radius 2 is 1.75 bits per heavy atom. The second-order valence-electron chi connectivity index (χ2n) is 5.75. The van der Waals surface area contributed by atoms with Crippen LogP contribution in [0, 0.1) is 11.8 Å². The molecule has 3 atom stereocenters. The van der Waals surface area contributed by atoms with E-state index in [4.69, 9.17) is 5.84 Å². The molecular weight excluding hydrogens is 274 g/mol. The zero-order chi connectivity index (χ0) is 14.8. The molecule has 5 nitrogen and oxygen atoms in total. The van der Waals surface area contributed by atoms with Crippen molar-refractivity contribution in [3.05, 3.63) is 24.3 Å². The molecule has 20 heavy (non-hydrogen) atoms. The Morgan fingerprint density at radius 3 is 2.30 bits per heavy atom. The van der Waals surface area contributed by atoms with E-state index in [2.05, 4.69) is 24.0 Å². The molecule has 1 saturated carbocycles. The van der Waals surface area contributed by atoms with E-state index in [0.717, 1.165) is 19.3 Å². The van der Waals surface area contributed by atoms with Crippen LogP contribution in [0.15, 0.2) is 29.2 Å². The summed E-state index contributed by atoms with van der Waals surface area (Å²) in [5.74, 6) is 6.50. The van der Waals surface area contributed by atoms with Crippen molar-refractivity contribution in [1.29, 1.82) is 0 Å². The van der Waals surface area contributed by atoms with Gasteiger partial charge in [-0.25, -0.2) is 13.1 Å². The molecule has 0 heterocycles. The average Bonchev–Trinajstić information content (AvgIpc) is 2.43. The van der Waals surface area contributed by atoms with Crippen molar-refractivity contribution < 1.29 is 8.42 Å². The van der Waals surface area contributed by atoms with Gasteiger partial charge in [0.2, 0.25) is 10.0 Å². The Hall–Kier alpha value is -1.11. The third-order valence-corrected chi connectivity index (χ3v) is 5.79. The van der Waals surface area contributed by atoms with Crippen LogP contribution >= 0.6 is 0 Å². The molecule has 0 aliphatic heterocycles. The van der Waals surface area contributed by atoms with E-state index in [1.165, 1.54) is 0 Å². The number of benzene rings is 1. The lowest BCUT2D eigenvalue weighted by molar-refractivity contribution is 0.242. The maximum Gasteiger partial charge on any atom is 0.240 e. The van der Waals surface area contributed by atoms with Gasteiger partial charge in [-0.05, 0) is 55.4 Å². The lowest BCUT2D eigenvalue weighted by atomic mass is 9.79. The molecule has 1 aromatic rings. The molecular formula is C14H23N3O2S. The van der Waals surface area contributed by atoms with Crippen molar-refractivity contribution in [2.75, 3.05) is 5.43 Å². The highest BCUT2D eigenvalue weighted by atomic mass is 32.2. The first-order valence-corrected chi connectivity index (χ1v) is 8.49. The van der Waals surface area contributed by atoms with E-state index in [1.54, 1.807) is 24.3 Å². The van der Waals surface area contributed by atoms with Gasteiger partial charge in [0.1, 0.15) is 0 Å². The second kappa shape index (κ2) is 6.11. The van der Waals surface area contributed by atoms with Gasteiger partial charge in [0, 0.05) is 11.7 Å². The highest BCUT2D eigenvalue weighted by molar-refractivity contribution is 7.89. The van der Waals surface area contributed by atoms with Crippen LogP contribution in [0.5, 0.6) is 0 Å². The normalized spacial score (nSPS) is 27.2. The van der Waals surface area contributed by atoms with Gasteiger partial charge in [-0.15, -0.1) is 0 Å². The smallest absolute Gasteiger partial charge is 0.240 e. The first-order valence-electron chi connectivity index (χ1n) is 7.01. The largest absolute Gasteiger partial charge is 0.324 e. The minimum atomic E-state index is -3.44. The van der Waals surface area contributed by atoms with Crippen LogP contribution in [0.4, 0.5) is 5.69 Å². The topological polar surface area (TPSA) is 84.2 Å². The SMILES string of the molecule is CC1CCC(NS(=O)(=O)c2ccc(NN)cc2)CC1C. The molecule has 1 fully saturated rings. The number of nitrogen functional groups attached to an aromatic ring is 1. The molecule has 4 N–H and O–H groups in total. The van der Waals surface area contributed by atoms with Gasteiger partial charge >= 0.3 is 0 Å². The molecule has 2 rings (SSSR count). The van der Waals surface area contributed by atoms with Crippen molar-refractivity contribution in [3.63, 3.8) is 0 Å². The number of hydrogen-bond acceptors (Lipinski definition) is 4. The number of hydrazine groups is 1. The monoisotopic (exact) mass is 297 g/mol. The molecule has 112 valence electrons. The zero-order valence-electron chi connectivity index (χ0n) is 12.0. The van der Waals surface area contributed by atoms with Crippen LogP contribution in [0.25, 0.3) is 0 Å².